The quantitative estimate of drug-likeness (QED) is 0.234. The Bertz CT molecular complexity index is 1170. The highest BCUT2D eigenvalue weighted by atomic mass is 16.6. The Morgan fingerprint density at radius 1 is 1.14 bits per heavy atom. The number of aliphatic hydroxyl groups is 1. The van der Waals surface area contributed by atoms with Crippen LogP contribution in [0.1, 0.15) is 31.0 Å². The fourth-order valence-electron chi connectivity index (χ4n) is 4.52. The van der Waals surface area contributed by atoms with E-state index in [9.17, 15) is 14.7 Å². The Morgan fingerprint density at radius 2 is 1.89 bits per heavy atom. The summed E-state index contributed by atoms with van der Waals surface area (Å²) in [6.07, 6.45) is 1.64. The van der Waals surface area contributed by atoms with Gasteiger partial charge in [-0.15, -0.1) is 0 Å². The Morgan fingerprint density at radius 3 is 2.61 bits per heavy atom. The number of hydrogen-bond acceptors (Lipinski definition) is 7. The molecule has 1 fully saturated rings. The molecular weight excluding hydrogens is 460 g/mol. The van der Waals surface area contributed by atoms with Gasteiger partial charge in [0.2, 0.25) is 0 Å². The number of rotatable bonds is 10. The molecule has 0 spiro atoms. The largest absolute Gasteiger partial charge is 0.507 e. The third-order valence-corrected chi connectivity index (χ3v) is 6.45. The lowest BCUT2D eigenvalue weighted by Gasteiger charge is -2.28. The van der Waals surface area contributed by atoms with Gasteiger partial charge in [0.05, 0.1) is 11.6 Å². The normalized spacial score (nSPS) is 18.5. The highest BCUT2D eigenvalue weighted by Crippen LogP contribution is 2.41. The van der Waals surface area contributed by atoms with E-state index in [2.05, 4.69) is 25.3 Å². The topological polar surface area (TPSA) is 88.5 Å². The molecule has 1 atom stereocenters. The maximum atomic E-state index is 13.3. The van der Waals surface area contributed by atoms with E-state index in [4.69, 9.17) is 14.2 Å². The van der Waals surface area contributed by atoms with E-state index in [0.717, 1.165) is 13.1 Å². The van der Waals surface area contributed by atoms with E-state index in [1.54, 1.807) is 36.4 Å². The van der Waals surface area contributed by atoms with Crippen LogP contribution < -0.4 is 14.2 Å². The number of amides is 1. The second kappa shape index (κ2) is 11.3. The minimum Gasteiger partial charge on any atom is -0.507 e. The molecule has 1 amide bonds. The third kappa shape index (κ3) is 5.09. The molecule has 36 heavy (non-hydrogen) atoms. The number of aliphatic hydroxyl groups excluding tert-OH is 1. The van der Waals surface area contributed by atoms with Gasteiger partial charge in [0.15, 0.2) is 11.5 Å². The summed E-state index contributed by atoms with van der Waals surface area (Å²) in [4.78, 5) is 30.3. The number of carbonyl (C=O) groups is 2. The van der Waals surface area contributed by atoms with E-state index in [-0.39, 0.29) is 11.3 Å². The van der Waals surface area contributed by atoms with Gasteiger partial charge in [0.1, 0.15) is 31.3 Å². The van der Waals surface area contributed by atoms with Crippen LogP contribution in [-0.2, 0) is 9.59 Å². The second-order valence-electron chi connectivity index (χ2n) is 8.55. The second-order valence-corrected chi connectivity index (χ2v) is 8.55. The van der Waals surface area contributed by atoms with Crippen LogP contribution in [-0.4, -0.2) is 72.6 Å². The lowest BCUT2D eigenvalue weighted by Crippen LogP contribution is -2.38. The summed E-state index contributed by atoms with van der Waals surface area (Å²) in [7, 11) is 0. The van der Waals surface area contributed by atoms with Gasteiger partial charge < -0.3 is 29.1 Å². The molecule has 2 aromatic carbocycles. The summed E-state index contributed by atoms with van der Waals surface area (Å²) in [5, 5.41) is 11.4. The first-order chi connectivity index (χ1) is 17.5. The van der Waals surface area contributed by atoms with Crippen LogP contribution >= 0.6 is 0 Å². The molecule has 0 aliphatic carbocycles. The summed E-state index contributed by atoms with van der Waals surface area (Å²) in [6.45, 7) is 11.5. The summed E-state index contributed by atoms with van der Waals surface area (Å²) < 4.78 is 16.9. The molecule has 1 saturated heterocycles. The van der Waals surface area contributed by atoms with Crippen LogP contribution in [0.5, 0.6) is 17.2 Å². The van der Waals surface area contributed by atoms with Crippen molar-refractivity contribution in [3.63, 3.8) is 0 Å². The Labute approximate surface area is 211 Å². The molecule has 4 rings (SSSR count). The molecule has 8 nitrogen and oxygen atoms in total. The van der Waals surface area contributed by atoms with Crippen molar-refractivity contribution in [2.45, 2.75) is 19.9 Å². The molecule has 0 saturated carbocycles. The molecule has 0 aromatic heterocycles. The molecule has 8 heteroatoms. The highest BCUT2D eigenvalue weighted by Gasteiger charge is 2.46. The highest BCUT2D eigenvalue weighted by molar-refractivity contribution is 6.46. The van der Waals surface area contributed by atoms with Gasteiger partial charge >= 0.3 is 0 Å². The van der Waals surface area contributed by atoms with Crippen molar-refractivity contribution in [1.29, 1.82) is 0 Å². The first kappa shape index (κ1) is 25.3. The minimum atomic E-state index is -0.763. The number of nitrogens with zero attached hydrogens (tertiary/aromatic N) is 2. The zero-order valence-electron chi connectivity index (χ0n) is 20.7. The van der Waals surface area contributed by atoms with Gasteiger partial charge in [-0.05, 0) is 49.0 Å². The van der Waals surface area contributed by atoms with Crippen molar-refractivity contribution in [2.24, 2.45) is 0 Å². The number of Topliss-reactive ketones (excluding diaryl/α,β-unsaturated/α-hetero) is 1. The van der Waals surface area contributed by atoms with Crippen LogP contribution in [0.4, 0.5) is 0 Å². The molecule has 0 bridgehead atoms. The number of fused-ring (bicyclic) bond motifs is 1. The van der Waals surface area contributed by atoms with Crippen molar-refractivity contribution in [1.82, 2.24) is 9.80 Å². The number of benzene rings is 2. The van der Waals surface area contributed by atoms with Gasteiger partial charge in [0.25, 0.3) is 11.7 Å². The van der Waals surface area contributed by atoms with Crippen molar-refractivity contribution >= 4 is 17.4 Å². The molecule has 1 N–H and O–H groups in total. The van der Waals surface area contributed by atoms with E-state index in [0.29, 0.717) is 61.3 Å². The molecular formula is C28H32N2O6. The van der Waals surface area contributed by atoms with Gasteiger partial charge in [-0.25, -0.2) is 0 Å². The fraction of sp³-hybridized carbons (Fsp3) is 0.357. The number of likely N-dealkylation sites (N-methyl/N-ethyl adjacent to an activating group) is 1. The van der Waals surface area contributed by atoms with E-state index in [1.807, 2.05) is 12.1 Å². The first-order valence-corrected chi connectivity index (χ1v) is 12.2. The third-order valence-electron chi connectivity index (χ3n) is 6.45. The fourth-order valence-corrected chi connectivity index (χ4v) is 4.52. The maximum Gasteiger partial charge on any atom is 0.295 e. The predicted octanol–water partition coefficient (Wildman–Crippen LogP) is 3.79. The van der Waals surface area contributed by atoms with Crippen molar-refractivity contribution in [2.75, 3.05) is 46.0 Å². The smallest absolute Gasteiger partial charge is 0.295 e. The Kier molecular flexibility index (Phi) is 7.95. The van der Waals surface area contributed by atoms with E-state index in [1.165, 1.54) is 4.90 Å². The van der Waals surface area contributed by atoms with Gasteiger partial charge in [0, 0.05) is 18.7 Å². The lowest BCUT2D eigenvalue weighted by molar-refractivity contribution is -0.140. The van der Waals surface area contributed by atoms with Crippen LogP contribution in [0.15, 0.2) is 60.7 Å². The monoisotopic (exact) mass is 492 g/mol. The average Bonchev–Trinajstić information content (AvgIpc) is 3.17. The Balaban J connectivity index is 1.79. The predicted molar refractivity (Wildman–Crippen MR) is 136 cm³/mol. The molecule has 2 aliphatic rings. The number of carbonyl (C=O) groups excluding carboxylic acids is 2. The number of ether oxygens (including phenoxy) is 3. The molecule has 2 aromatic rings. The molecule has 0 unspecified atom stereocenters. The van der Waals surface area contributed by atoms with Crippen molar-refractivity contribution in [3.8, 4) is 17.2 Å². The zero-order chi connectivity index (χ0) is 25.7. The minimum absolute atomic E-state index is 0.0390. The number of hydrogen-bond donors (Lipinski definition) is 1. The summed E-state index contributed by atoms with van der Waals surface area (Å²) in [5.41, 5.74) is 1.09. The molecule has 0 radical (unpaired) electrons. The van der Waals surface area contributed by atoms with Gasteiger partial charge in [-0.2, -0.15) is 0 Å². The summed E-state index contributed by atoms with van der Waals surface area (Å²) in [5.74, 6) is 0.0330. The number of likely N-dealkylation sites (tertiary alicyclic amines) is 1. The molecule has 2 heterocycles. The van der Waals surface area contributed by atoms with E-state index < -0.39 is 17.7 Å². The Hall–Kier alpha value is -3.78. The molecule has 2 aliphatic heterocycles. The van der Waals surface area contributed by atoms with Crippen LogP contribution in [0.25, 0.3) is 5.76 Å². The average molecular weight is 493 g/mol. The molecule has 190 valence electrons. The maximum absolute atomic E-state index is 13.3. The van der Waals surface area contributed by atoms with Crippen LogP contribution in [0.3, 0.4) is 0 Å². The van der Waals surface area contributed by atoms with Crippen molar-refractivity contribution < 1.29 is 28.9 Å². The van der Waals surface area contributed by atoms with Crippen LogP contribution in [0.2, 0.25) is 0 Å². The SMILES string of the molecule is C=CCOc1cccc([C@H]2/C(=C(\O)c3ccc4c(c3)OCCO4)C(=O)C(=O)N2CCN(CC)CC)c1. The van der Waals surface area contributed by atoms with Gasteiger partial charge in [-0.3, -0.25) is 9.59 Å². The summed E-state index contributed by atoms with van der Waals surface area (Å²) >= 11 is 0. The first-order valence-electron chi connectivity index (χ1n) is 12.2. The van der Waals surface area contributed by atoms with Crippen molar-refractivity contribution in [3.05, 3.63) is 71.8 Å². The van der Waals surface area contributed by atoms with Crippen LogP contribution in [0, 0.1) is 0 Å². The standard InChI is InChI=1S/C28H32N2O6/c1-4-14-34-21-9-7-8-19(17-21)25-24(27(32)28(33)30(25)13-12-29(5-2)6-3)26(31)20-10-11-22-23(18-20)36-16-15-35-22/h4,7-11,17-18,25,31H,1,5-6,12-16H2,2-3H3/b26-24+/t25-/m0/s1. The lowest BCUT2D eigenvalue weighted by atomic mass is 9.95. The van der Waals surface area contributed by atoms with Gasteiger partial charge in [-0.1, -0.05) is 38.6 Å². The summed E-state index contributed by atoms with van der Waals surface area (Å²) in [6, 6.07) is 11.5. The number of ketones is 1. The van der Waals surface area contributed by atoms with E-state index >= 15 is 0 Å². The zero-order valence-corrected chi connectivity index (χ0v) is 20.7.